The van der Waals surface area contributed by atoms with Gasteiger partial charge in [0.05, 0.1) is 6.61 Å². The van der Waals surface area contributed by atoms with E-state index in [-0.39, 0.29) is 5.97 Å². The molecule has 0 amide bonds. The normalized spacial score (nSPS) is 9.00. The molecule has 2 nitrogen and oxygen atoms in total. The lowest BCUT2D eigenvalue weighted by Crippen LogP contribution is -2.05. The first-order valence-corrected chi connectivity index (χ1v) is 3.30. The van der Waals surface area contributed by atoms with Gasteiger partial charge < -0.3 is 4.74 Å². The Bertz CT molecular complexity index is 127. The molecule has 0 fully saturated rings. The molecule has 0 N–H and O–H groups in total. The van der Waals surface area contributed by atoms with Crippen molar-refractivity contribution < 1.29 is 9.53 Å². The van der Waals surface area contributed by atoms with Gasteiger partial charge in [0, 0.05) is 5.57 Å². The molecule has 0 atom stereocenters. The lowest BCUT2D eigenvalue weighted by Gasteiger charge is -2.01. The standard InChI is InChI=1S/C8H13O2/c1-4-5-6-10-8(9)7(2)3/h1-2,4-6H2,3H3. The van der Waals surface area contributed by atoms with E-state index >= 15 is 0 Å². The van der Waals surface area contributed by atoms with E-state index in [1.165, 1.54) is 0 Å². The summed E-state index contributed by atoms with van der Waals surface area (Å²) in [4.78, 5) is 10.7. The van der Waals surface area contributed by atoms with Crippen molar-refractivity contribution >= 4 is 5.97 Å². The first-order chi connectivity index (χ1) is 4.68. The van der Waals surface area contributed by atoms with E-state index in [1.54, 1.807) is 6.92 Å². The smallest absolute Gasteiger partial charge is 0.333 e. The summed E-state index contributed by atoms with van der Waals surface area (Å²) in [5.41, 5.74) is 0.448. The van der Waals surface area contributed by atoms with Crippen LogP contribution in [0, 0.1) is 6.92 Å². The fourth-order valence-corrected chi connectivity index (χ4v) is 0.390. The van der Waals surface area contributed by atoms with Gasteiger partial charge in [-0.3, -0.25) is 0 Å². The summed E-state index contributed by atoms with van der Waals surface area (Å²) in [6, 6.07) is 0. The van der Waals surface area contributed by atoms with Gasteiger partial charge in [0.25, 0.3) is 0 Å². The first-order valence-electron chi connectivity index (χ1n) is 3.30. The molecule has 0 unspecified atom stereocenters. The van der Waals surface area contributed by atoms with Gasteiger partial charge in [0.1, 0.15) is 0 Å². The van der Waals surface area contributed by atoms with Gasteiger partial charge in [0.15, 0.2) is 0 Å². The first kappa shape index (κ1) is 9.21. The van der Waals surface area contributed by atoms with E-state index in [9.17, 15) is 4.79 Å². The molecule has 57 valence electrons. The zero-order chi connectivity index (χ0) is 7.98. The molecule has 0 aromatic carbocycles. The van der Waals surface area contributed by atoms with Gasteiger partial charge in [-0.2, -0.15) is 0 Å². The summed E-state index contributed by atoms with van der Waals surface area (Å²) in [7, 11) is 0. The average Bonchev–Trinajstić information content (AvgIpc) is 1.88. The molecule has 0 spiro atoms. The van der Waals surface area contributed by atoms with Crippen LogP contribution in [-0.4, -0.2) is 12.6 Å². The minimum absolute atomic E-state index is 0.312. The molecule has 0 saturated carbocycles. The number of hydrogen-bond acceptors (Lipinski definition) is 2. The van der Waals surface area contributed by atoms with Gasteiger partial charge in [-0.1, -0.05) is 19.9 Å². The second kappa shape index (κ2) is 5.03. The topological polar surface area (TPSA) is 26.3 Å². The fraction of sp³-hybridized carbons (Fsp3) is 0.500. The molecule has 1 radical (unpaired) electrons. The molecule has 0 saturated heterocycles. The van der Waals surface area contributed by atoms with E-state index in [0.717, 1.165) is 12.8 Å². The van der Waals surface area contributed by atoms with E-state index < -0.39 is 0 Å². The van der Waals surface area contributed by atoms with Crippen LogP contribution in [0.4, 0.5) is 0 Å². The third-order valence-corrected chi connectivity index (χ3v) is 0.976. The molecule has 2 heteroatoms. The summed E-state index contributed by atoms with van der Waals surface area (Å²) in [5.74, 6) is -0.312. The average molecular weight is 141 g/mol. The quantitative estimate of drug-likeness (QED) is 0.338. The molecule has 0 aliphatic heterocycles. The molecule has 10 heavy (non-hydrogen) atoms. The van der Waals surface area contributed by atoms with Crippen molar-refractivity contribution in [1.29, 1.82) is 0 Å². The summed E-state index contributed by atoms with van der Waals surface area (Å²) >= 11 is 0. The van der Waals surface area contributed by atoms with Gasteiger partial charge in [-0.05, 0) is 13.3 Å². The highest BCUT2D eigenvalue weighted by Crippen LogP contribution is 1.94. The number of carbonyl (C=O) groups is 1. The summed E-state index contributed by atoms with van der Waals surface area (Å²) < 4.78 is 4.77. The van der Waals surface area contributed by atoms with Gasteiger partial charge in [-0.15, -0.1) is 0 Å². The van der Waals surface area contributed by atoms with Crippen LogP contribution in [0.2, 0.25) is 0 Å². The molecule has 0 aromatic rings. The number of carbonyl (C=O) groups excluding carboxylic acids is 1. The maximum Gasteiger partial charge on any atom is 0.333 e. The van der Waals surface area contributed by atoms with E-state index in [1.807, 2.05) is 0 Å². The van der Waals surface area contributed by atoms with Gasteiger partial charge in [0.2, 0.25) is 0 Å². The Kier molecular flexibility index (Phi) is 4.63. The zero-order valence-corrected chi connectivity index (χ0v) is 6.35. The van der Waals surface area contributed by atoms with E-state index in [2.05, 4.69) is 13.5 Å². The Hall–Kier alpha value is -0.790. The van der Waals surface area contributed by atoms with Crippen LogP contribution in [0.5, 0.6) is 0 Å². The molecule has 0 heterocycles. The van der Waals surface area contributed by atoms with Crippen LogP contribution in [0.1, 0.15) is 19.8 Å². The summed E-state index contributed by atoms with van der Waals surface area (Å²) in [6.45, 7) is 9.14. The molecular formula is C8H13O2. The Morgan fingerprint density at radius 1 is 1.60 bits per heavy atom. The number of ether oxygens (including phenoxy) is 1. The van der Waals surface area contributed by atoms with E-state index in [0.29, 0.717) is 12.2 Å². The molecular weight excluding hydrogens is 128 g/mol. The van der Waals surface area contributed by atoms with Gasteiger partial charge >= 0.3 is 5.97 Å². The zero-order valence-electron chi connectivity index (χ0n) is 6.35. The van der Waals surface area contributed by atoms with Crippen molar-refractivity contribution in [3.05, 3.63) is 19.1 Å². The lowest BCUT2D eigenvalue weighted by atomic mass is 10.3. The molecule has 0 aliphatic carbocycles. The molecule has 0 aromatic heterocycles. The second-order valence-electron chi connectivity index (χ2n) is 2.12. The Morgan fingerprint density at radius 2 is 2.20 bits per heavy atom. The number of rotatable bonds is 4. The lowest BCUT2D eigenvalue weighted by molar-refractivity contribution is -0.139. The number of unbranched alkanes of at least 4 members (excludes halogenated alkanes) is 1. The fourth-order valence-electron chi connectivity index (χ4n) is 0.390. The highest BCUT2D eigenvalue weighted by Gasteiger charge is 2.00. The predicted molar refractivity (Wildman–Crippen MR) is 40.4 cm³/mol. The minimum atomic E-state index is -0.312. The Morgan fingerprint density at radius 3 is 2.60 bits per heavy atom. The summed E-state index contributed by atoms with van der Waals surface area (Å²) in [6.07, 6.45) is 1.61. The van der Waals surface area contributed by atoms with Crippen molar-refractivity contribution in [2.45, 2.75) is 19.8 Å². The highest BCUT2D eigenvalue weighted by atomic mass is 16.5. The molecule has 0 bridgehead atoms. The summed E-state index contributed by atoms with van der Waals surface area (Å²) in [5, 5.41) is 0. The van der Waals surface area contributed by atoms with Crippen LogP contribution < -0.4 is 0 Å². The third kappa shape index (κ3) is 4.13. The highest BCUT2D eigenvalue weighted by molar-refractivity contribution is 5.86. The number of esters is 1. The van der Waals surface area contributed by atoms with Crippen molar-refractivity contribution in [3.63, 3.8) is 0 Å². The SMILES string of the molecule is [CH2]CCCOC(=O)C(=C)C. The second-order valence-corrected chi connectivity index (χ2v) is 2.12. The maximum absolute atomic E-state index is 10.7. The molecule has 0 rings (SSSR count). The van der Waals surface area contributed by atoms with Crippen LogP contribution in [0.25, 0.3) is 0 Å². The minimum Gasteiger partial charge on any atom is -0.462 e. The van der Waals surface area contributed by atoms with Crippen molar-refractivity contribution in [2.24, 2.45) is 0 Å². The van der Waals surface area contributed by atoms with Crippen LogP contribution in [0.3, 0.4) is 0 Å². The van der Waals surface area contributed by atoms with Crippen LogP contribution in [0.15, 0.2) is 12.2 Å². The number of hydrogen-bond donors (Lipinski definition) is 0. The van der Waals surface area contributed by atoms with Crippen molar-refractivity contribution in [2.75, 3.05) is 6.61 Å². The largest absolute Gasteiger partial charge is 0.462 e. The van der Waals surface area contributed by atoms with Crippen molar-refractivity contribution in [3.8, 4) is 0 Å². The van der Waals surface area contributed by atoms with Gasteiger partial charge in [-0.25, -0.2) is 4.79 Å². The van der Waals surface area contributed by atoms with Crippen molar-refractivity contribution in [1.82, 2.24) is 0 Å². The predicted octanol–water partition coefficient (Wildman–Crippen LogP) is 1.72. The van der Waals surface area contributed by atoms with Crippen LogP contribution >= 0.6 is 0 Å². The Balaban J connectivity index is 3.31. The molecule has 0 aliphatic rings. The third-order valence-electron chi connectivity index (χ3n) is 0.976. The maximum atomic E-state index is 10.7. The Labute approximate surface area is 61.9 Å². The van der Waals surface area contributed by atoms with E-state index in [4.69, 9.17) is 4.74 Å². The monoisotopic (exact) mass is 141 g/mol. The van der Waals surface area contributed by atoms with Crippen LogP contribution in [-0.2, 0) is 9.53 Å².